The Bertz CT molecular complexity index is 453. The van der Waals surface area contributed by atoms with Gasteiger partial charge in [0.1, 0.15) is 6.04 Å². The molecule has 1 aromatic rings. The topological polar surface area (TPSA) is 66.4 Å². The Hall–Kier alpha value is -1.07. The fourth-order valence-corrected chi connectivity index (χ4v) is 1.69. The van der Waals surface area contributed by atoms with Gasteiger partial charge < -0.3 is 10.4 Å². The van der Waals surface area contributed by atoms with E-state index in [1.165, 1.54) is 13.0 Å². The third-order valence-electron chi connectivity index (χ3n) is 2.19. The van der Waals surface area contributed by atoms with Crippen molar-refractivity contribution in [3.8, 4) is 0 Å². The second-order valence-corrected chi connectivity index (χ2v) is 4.82. The fraction of sp³-hybridized carbons (Fsp3) is 0.273. The van der Waals surface area contributed by atoms with Gasteiger partial charge in [0.15, 0.2) is 0 Å². The summed E-state index contributed by atoms with van der Waals surface area (Å²) >= 11 is 9.20. The Morgan fingerprint density at radius 3 is 2.53 bits per heavy atom. The Morgan fingerprint density at radius 1 is 1.47 bits per heavy atom. The van der Waals surface area contributed by atoms with Crippen molar-refractivity contribution in [2.75, 3.05) is 0 Å². The van der Waals surface area contributed by atoms with Crippen LogP contribution in [0.1, 0.15) is 22.8 Å². The van der Waals surface area contributed by atoms with E-state index in [0.717, 1.165) is 10.0 Å². The predicted octanol–water partition coefficient (Wildman–Crippen LogP) is 2.61. The van der Waals surface area contributed by atoms with Gasteiger partial charge in [-0.25, -0.2) is 0 Å². The second-order valence-electron chi connectivity index (χ2n) is 3.62. The average molecular weight is 321 g/mol. The zero-order chi connectivity index (χ0) is 13.2. The zero-order valence-corrected chi connectivity index (χ0v) is 11.6. The van der Waals surface area contributed by atoms with Gasteiger partial charge in [-0.05, 0) is 47.5 Å². The molecule has 17 heavy (non-hydrogen) atoms. The number of carboxylic acids is 1. The lowest BCUT2D eigenvalue weighted by Crippen LogP contribution is -2.38. The van der Waals surface area contributed by atoms with E-state index in [4.69, 9.17) is 16.7 Å². The molecular weight excluding hydrogens is 309 g/mol. The highest BCUT2D eigenvalue weighted by Crippen LogP contribution is 2.27. The van der Waals surface area contributed by atoms with E-state index in [-0.39, 0.29) is 0 Å². The van der Waals surface area contributed by atoms with Crippen molar-refractivity contribution in [1.82, 2.24) is 5.32 Å². The van der Waals surface area contributed by atoms with Crippen LogP contribution in [0, 0.1) is 6.92 Å². The number of rotatable bonds is 3. The summed E-state index contributed by atoms with van der Waals surface area (Å²) in [5.41, 5.74) is 1.15. The first-order chi connectivity index (χ1) is 7.82. The van der Waals surface area contributed by atoms with Crippen LogP contribution in [0.3, 0.4) is 0 Å². The highest BCUT2D eigenvalue weighted by atomic mass is 79.9. The third-order valence-corrected chi connectivity index (χ3v) is 3.77. The Morgan fingerprint density at radius 2 is 2.06 bits per heavy atom. The van der Waals surface area contributed by atoms with Gasteiger partial charge in [-0.2, -0.15) is 0 Å². The molecule has 4 nitrogen and oxygen atoms in total. The van der Waals surface area contributed by atoms with Gasteiger partial charge in [0.25, 0.3) is 5.91 Å². The smallest absolute Gasteiger partial charge is 0.325 e. The van der Waals surface area contributed by atoms with Crippen LogP contribution in [-0.2, 0) is 4.79 Å². The first-order valence-corrected chi connectivity index (χ1v) is 5.99. The molecule has 2 N–H and O–H groups in total. The van der Waals surface area contributed by atoms with Crippen molar-refractivity contribution in [1.29, 1.82) is 0 Å². The highest BCUT2D eigenvalue weighted by molar-refractivity contribution is 9.10. The van der Waals surface area contributed by atoms with Gasteiger partial charge >= 0.3 is 5.97 Å². The van der Waals surface area contributed by atoms with E-state index in [1.54, 1.807) is 13.0 Å². The van der Waals surface area contributed by atoms with Crippen LogP contribution < -0.4 is 5.32 Å². The van der Waals surface area contributed by atoms with Crippen molar-refractivity contribution in [2.24, 2.45) is 0 Å². The number of carbonyl (C=O) groups excluding carboxylic acids is 1. The summed E-state index contributed by atoms with van der Waals surface area (Å²) in [5, 5.41) is 11.5. The molecule has 0 aliphatic rings. The molecule has 0 saturated carbocycles. The monoisotopic (exact) mass is 319 g/mol. The van der Waals surface area contributed by atoms with E-state index in [1.807, 2.05) is 0 Å². The van der Waals surface area contributed by atoms with Crippen LogP contribution in [0.25, 0.3) is 0 Å². The average Bonchev–Trinajstić information content (AvgIpc) is 2.24. The number of nitrogens with one attached hydrogen (secondary N) is 1. The predicted molar refractivity (Wildman–Crippen MR) is 68.5 cm³/mol. The summed E-state index contributed by atoms with van der Waals surface area (Å²) in [6.07, 6.45) is 0. The molecule has 0 saturated heterocycles. The van der Waals surface area contributed by atoms with Gasteiger partial charge in [0.2, 0.25) is 0 Å². The molecule has 0 spiro atoms. The minimum absolute atomic E-state index is 0.337. The minimum Gasteiger partial charge on any atom is -0.480 e. The molecule has 0 radical (unpaired) electrons. The molecule has 1 rings (SSSR count). The summed E-state index contributed by atoms with van der Waals surface area (Å²) in [4.78, 5) is 22.3. The molecule has 1 aromatic carbocycles. The largest absolute Gasteiger partial charge is 0.480 e. The van der Waals surface area contributed by atoms with Crippen molar-refractivity contribution in [3.05, 3.63) is 32.8 Å². The molecule has 0 fully saturated rings. The van der Waals surface area contributed by atoms with Crippen molar-refractivity contribution in [2.45, 2.75) is 19.9 Å². The maximum Gasteiger partial charge on any atom is 0.325 e. The minimum atomic E-state index is -1.08. The first kappa shape index (κ1) is 14.0. The maximum atomic E-state index is 11.7. The van der Waals surface area contributed by atoms with Crippen molar-refractivity contribution >= 4 is 39.4 Å². The Balaban J connectivity index is 2.94. The van der Waals surface area contributed by atoms with E-state index in [0.29, 0.717) is 10.6 Å². The molecule has 0 bridgehead atoms. The summed E-state index contributed by atoms with van der Waals surface area (Å²) < 4.78 is 0.724. The number of amides is 1. The van der Waals surface area contributed by atoms with Crippen molar-refractivity contribution in [3.63, 3.8) is 0 Å². The standard InChI is InChI=1S/C11H11BrClNO3/c1-5-3-7(4-8(13)9(5)12)10(15)14-6(2)11(16)17/h3-4,6H,1-2H3,(H,14,15)(H,16,17)/t6-/m1/s1. The lowest BCUT2D eigenvalue weighted by molar-refractivity contribution is -0.138. The molecule has 0 aromatic heterocycles. The summed E-state index contributed by atoms with van der Waals surface area (Å²) in [7, 11) is 0. The summed E-state index contributed by atoms with van der Waals surface area (Å²) in [6, 6.07) is 2.19. The van der Waals surface area contributed by atoms with E-state index < -0.39 is 17.9 Å². The van der Waals surface area contributed by atoms with Crippen LogP contribution in [0.5, 0.6) is 0 Å². The normalized spacial score (nSPS) is 12.0. The van der Waals surface area contributed by atoms with Crippen LogP contribution in [0.2, 0.25) is 5.02 Å². The maximum absolute atomic E-state index is 11.7. The number of carboxylic acid groups (broad SMARTS) is 1. The zero-order valence-electron chi connectivity index (χ0n) is 9.25. The highest BCUT2D eigenvalue weighted by Gasteiger charge is 2.16. The Labute approximate surface area is 112 Å². The number of hydrogen-bond acceptors (Lipinski definition) is 2. The second kappa shape index (κ2) is 5.51. The van der Waals surface area contributed by atoms with Crippen molar-refractivity contribution < 1.29 is 14.7 Å². The van der Waals surface area contributed by atoms with Gasteiger partial charge in [0, 0.05) is 10.0 Å². The molecule has 1 atom stereocenters. The number of hydrogen-bond donors (Lipinski definition) is 2. The number of carbonyl (C=O) groups is 2. The van der Waals surface area contributed by atoms with Crippen LogP contribution >= 0.6 is 27.5 Å². The molecule has 92 valence electrons. The Kier molecular flexibility index (Phi) is 4.54. The fourth-order valence-electron chi connectivity index (χ4n) is 1.20. The first-order valence-electron chi connectivity index (χ1n) is 4.82. The number of aryl methyl sites for hydroxylation is 1. The van der Waals surface area contributed by atoms with Crippen LogP contribution in [0.4, 0.5) is 0 Å². The van der Waals surface area contributed by atoms with E-state index in [9.17, 15) is 9.59 Å². The van der Waals surface area contributed by atoms with Gasteiger partial charge in [-0.15, -0.1) is 0 Å². The quantitative estimate of drug-likeness (QED) is 0.899. The number of benzene rings is 1. The number of halogens is 2. The molecular formula is C11H11BrClNO3. The number of aliphatic carboxylic acids is 1. The van der Waals surface area contributed by atoms with Crippen LogP contribution in [0.15, 0.2) is 16.6 Å². The van der Waals surface area contributed by atoms with Crippen LogP contribution in [-0.4, -0.2) is 23.0 Å². The third kappa shape index (κ3) is 3.44. The van der Waals surface area contributed by atoms with Gasteiger partial charge in [-0.3, -0.25) is 9.59 Å². The van der Waals surface area contributed by atoms with E-state index >= 15 is 0 Å². The summed E-state index contributed by atoms with van der Waals surface area (Å²) in [6.45, 7) is 3.20. The SMILES string of the molecule is Cc1cc(C(=O)N[C@H](C)C(=O)O)cc(Cl)c1Br. The molecule has 0 heterocycles. The molecule has 0 aliphatic carbocycles. The van der Waals surface area contributed by atoms with E-state index in [2.05, 4.69) is 21.2 Å². The molecule has 1 amide bonds. The summed E-state index contributed by atoms with van der Waals surface area (Å²) in [5.74, 6) is -1.55. The molecule has 0 aliphatic heterocycles. The molecule has 6 heteroatoms. The lowest BCUT2D eigenvalue weighted by Gasteiger charge is -2.10. The molecule has 0 unspecified atom stereocenters. The van der Waals surface area contributed by atoms with Gasteiger partial charge in [0.05, 0.1) is 5.02 Å². The lowest BCUT2D eigenvalue weighted by atomic mass is 10.1. The van der Waals surface area contributed by atoms with Gasteiger partial charge in [-0.1, -0.05) is 11.6 Å².